The van der Waals surface area contributed by atoms with Gasteiger partial charge in [0.25, 0.3) is 11.8 Å². The van der Waals surface area contributed by atoms with E-state index in [1.807, 2.05) is 30.3 Å². The molecule has 9 heteroatoms. The second-order valence-corrected chi connectivity index (χ2v) is 11.0. The summed E-state index contributed by atoms with van der Waals surface area (Å²) in [5.74, 6) is -0.341. The smallest absolute Gasteiger partial charge is 0.344 e. The number of hydrogen-bond acceptors (Lipinski definition) is 4. The number of rotatable bonds is 11. The number of carbonyl (C=O) groups excluding carboxylic acids is 2. The number of benzene rings is 4. The van der Waals surface area contributed by atoms with Gasteiger partial charge in [-0.15, -0.1) is 0 Å². The maximum atomic E-state index is 13.4. The number of fused-ring (bicyclic) bond motifs is 1. The topological polar surface area (TPSA) is 74.3 Å². The molecule has 0 aliphatic heterocycles. The summed E-state index contributed by atoms with van der Waals surface area (Å²) in [6.45, 7) is 6.77. The molecule has 0 bridgehead atoms. The lowest BCUT2D eigenvalue weighted by atomic mass is 9.98. The maximum absolute atomic E-state index is 13.4. The largest absolute Gasteiger partial charge is 0.416 e. The van der Waals surface area contributed by atoms with E-state index in [-0.39, 0.29) is 11.9 Å². The highest BCUT2D eigenvalue weighted by Crippen LogP contribution is 2.32. The summed E-state index contributed by atoms with van der Waals surface area (Å²) in [5, 5.41) is 6.74. The van der Waals surface area contributed by atoms with Gasteiger partial charge in [-0.2, -0.15) is 13.2 Å². The summed E-state index contributed by atoms with van der Waals surface area (Å²) in [7, 11) is 0. The lowest BCUT2D eigenvalue weighted by Gasteiger charge is -2.27. The molecular weight excluding hydrogens is 589 g/mol. The Morgan fingerprint density at radius 1 is 0.826 bits per heavy atom. The summed E-state index contributed by atoms with van der Waals surface area (Å²) < 4.78 is 39.1. The number of anilines is 1. The zero-order valence-corrected chi connectivity index (χ0v) is 25.6. The van der Waals surface area contributed by atoms with Gasteiger partial charge in [-0.25, -0.2) is 4.98 Å². The van der Waals surface area contributed by atoms with E-state index in [1.54, 1.807) is 54.6 Å². The lowest BCUT2D eigenvalue weighted by Crippen LogP contribution is -2.38. The number of alkyl halides is 3. The predicted molar refractivity (Wildman–Crippen MR) is 176 cm³/mol. The first kappa shape index (κ1) is 32.4. The third-order valence-electron chi connectivity index (χ3n) is 7.82. The molecule has 5 rings (SSSR count). The summed E-state index contributed by atoms with van der Waals surface area (Å²) >= 11 is 0. The van der Waals surface area contributed by atoms with E-state index in [0.29, 0.717) is 40.1 Å². The fourth-order valence-electron chi connectivity index (χ4n) is 5.41. The SMILES string of the molecule is CCCN(CC)C[C@@H](NC(=O)c1ccc2nc(NC(=O)c3ccccc3-c3ccc(C(F)(F)F)cc3)ccc2c1)c1ccccc1. The molecule has 0 aliphatic rings. The molecule has 1 heterocycles. The highest BCUT2D eigenvalue weighted by atomic mass is 19.4. The van der Waals surface area contributed by atoms with Crippen LogP contribution >= 0.6 is 0 Å². The molecule has 5 aromatic rings. The zero-order chi connectivity index (χ0) is 32.7. The Kier molecular flexibility index (Phi) is 10.1. The van der Waals surface area contributed by atoms with E-state index in [1.165, 1.54) is 12.1 Å². The summed E-state index contributed by atoms with van der Waals surface area (Å²) in [6, 6.07) is 29.8. The number of aromatic nitrogens is 1. The highest BCUT2D eigenvalue weighted by Gasteiger charge is 2.30. The van der Waals surface area contributed by atoms with Crippen molar-refractivity contribution in [2.24, 2.45) is 0 Å². The number of nitrogens with zero attached hydrogens (tertiary/aromatic N) is 2. The first-order chi connectivity index (χ1) is 22.2. The molecule has 2 N–H and O–H groups in total. The molecule has 1 atom stereocenters. The number of halogens is 3. The molecule has 236 valence electrons. The highest BCUT2D eigenvalue weighted by molar-refractivity contribution is 6.08. The zero-order valence-electron chi connectivity index (χ0n) is 25.6. The van der Waals surface area contributed by atoms with Gasteiger partial charge in [0.1, 0.15) is 5.82 Å². The molecule has 0 saturated carbocycles. The average molecular weight is 625 g/mol. The van der Waals surface area contributed by atoms with Crippen LogP contribution in [-0.4, -0.2) is 41.3 Å². The van der Waals surface area contributed by atoms with Gasteiger partial charge in [0, 0.05) is 23.1 Å². The molecule has 46 heavy (non-hydrogen) atoms. The molecule has 0 saturated heterocycles. The Morgan fingerprint density at radius 3 is 2.24 bits per heavy atom. The van der Waals surface area contributed by atoms with Crippen LogP contribution in [0.3, 0.4) is 0 Å². The van der Waals surface area contributed by atoms with Crippen LogP contribution in [0.5, 0.6) is 0 Å². The Balaban J connectivity index is 1.32. The van der Waals surface area contributed by atoms with Crippen molar-refractivity contribution in [1.82, 2.24) is 15.2 Å². The fraction of sp³-hybridized carbons (Fsp3) is 0.216. The number of nitrogens with one attached hydrogen (secondary N) is 2. The number of amides is 2. The number of hydrogen-bond donors (Lipinski definition) is 2. The second-order valence-electron chi connectivity index (χ2n) is 11.0. The van der Waals surface area contributed by atoms with Gasteiger partial charge in [0.05, 0.1) is 17.1 Å². The van der Waals surface area contributed by atoms with E-state index in [2.05, 4.69) is 34.4 Å². The third kappa shape index (κ3) is 7.79. The van der Waals surface area contributed by atoms with Crippen molar-refractivity contribution < 1.29 is 22.8 Å². The van der Waals surface area contributed by atoms with Crippen LogP contribution in [0.2, 0.25) is 0 Å². The number of pyridine rings is 1. The Bertz CT molecular complexity index is 1810. The van der Waals surface area contributed by atoms with E-state index < -0.39 is 17.6 Å². The van der Waals surface area contributed by atoms with Crippen LogP contribution in [0, 0.1) is 0 Å². The molecule has 1 aromatic heterocycles. The third-order valence-corrected chi connectivity index (χ3v) is 7.82. The summed E-state index contributed by atoms with van der Waals surface area (Å²) in [4.78, 5) is 33.6. The van der Waals surface area contributed by atoms with Crippen LogP contribution in [0.15, 0.2) is 109 Å². The van der Waals surface area contributed by atoms with E-state index in [9.17, 15) is 22.8 Å². The van der Waals surface area contributed by atoms with E-state index >= 15 is 0 Å². The second kappa shape index (κ2) is 14.4. The number of likely N-dealkylation sites (N-methyl/N-ethyl adjacent to an activating group) is 1. The van der Waals surface area contributed by atoms with Gasteiger partial charge in [0.15, 0.2) is 0 Å². The van der Waals surface area contributed by atoms with Crippen LogP contribution in [0.1, 0.15) is 58.2 Å². The first-order valence-electron chi connectivity index (χ1n) is 15.2. The van der Waals surface area contributed by atoms with Crippen molar-refractivity contribution >= 4 is 28.5 Å². The molecule has 0 unspecified atom stereocenters. The van der Waals surface area contributed by atoms with Crippen LogP contribution in [0.25, 0.3) is 22.0 Å². The predicted octanol–water partition coefficient (Wildman–Crippen LogP) is 8.38. The molecule has 0 radical (unpaired) electrons. The normalized spacial score (nSPS) is 12.2. The Morgan fingerprint density at radius 2 is 1.54 bits per heavy atom. The molecule has 0 fully saturated rings. The Hall–Kier alpha value is -5.02. The minimum atomic E-state index is -4.45. The lowest BCUT2D eigenvalue weighted by molar-refractivity contribution is -0.137. The average Bonchev–Trinajstić information content (AvgIpc) is 3.07. The molecule has 4 aromatic carbocycles. The van der Waals surface area contributed by atoms with Gasteiger partial charge >= 0.3 is 6.18 Å². The van der Waals surface area contributed by atoms with Gasteiger partial charge in [-0.3, -0.25) is 9.59 Å². The molecule has 6 nitrogen and oxygen atoms in total. The first-order valence-corrected chi connectivity index (χ1v) is 15.2. The van der Waals surface area contributed by atoms with Gasteiger partial charge in [-0.05, 0) is 84.7 Å². The van der Waals surface area contributed by atoms with Crippen LogP contribution < -0.4 is 10.6 Å². The van der Waals surface area contributed by atoms with E-state index in [0.717, 1.165) is 42.6 Å². The van der Waals surface area contributed by atoms with E-state index in [4.69, 9.17) is 0 Å². The standard InChI is InChI=1S/C37H35F3N4O2/c1-3-22-44(4-2)24-33(26-10-6-5-7-11-26)42-35(45)28-16-20-32-27(23-28)17-21-34(41-32)43-36(46)31-13-9-8-12-30(31)25-14-18-29(19-15-25)37(38,39)40/h5-21,23,33H,3-4,22,24H2,1-2H3,(H,42,45)(H,41,43,46)/t33-/m1/s1. The maximum Gasteiger partial charge on any atom is 0.416 e. The van der Waals surface area contributed by atoms with Crippen molar-refractivity contribution in [3.05, 3.63) is 131 Å². The minimum absolute atomic E-state index is 0.183. The van der Waals surface area contributed by atoms with Gasteiger partial charge in [-0.1, -0.05) is 74.5 Å². The van der Waals surface area contributed by atoms with Crippen LogP contribution in [-0.2, 0) is 6.18 Å². The molecule has 0 aliphatic carbocycles. The molecular formula is C37H35F3N4O2. The Labute approximate surface area is 266 Å². The van der Waals surface area contributed by atoms with Crippen molar-refractivity contribution in [1.29, 1.82) is 0 Å². The van der Waals surface area contributed by atoms with Crippen molar-refractivity contribution in [2.75, 3.05) is 25.0 Å². The fourth-order valence-corrected chi connectivity index (χ4v) is 5.41. The van der Waals surface area contributed by atoms with Crippen molar-refractivity contribution in [2.45, 2.75) is 32.5 Å². The monoisotopic (exact) mass is 624 g/mol. The number of carbonyl (C=O) groups is 2. The van der Waals surface area contributed by atoms with Crippen molar-refractivity contribution in [3.63, 3.8) is 0 Å². The van der Waals surface area contributed by atoms with Gasteiger partial charge in [0.2, 0.25) is 0 Å². The molecule has 0 spiro atoms. The van der Waals surface area contributed by atoms with Crippen molar-refractivity contribution in [3.8, 4) is 11.1 Å². The van der Waals surface area contributed by atoms with Gasteiger partial charge < -0.3 is 15.5 Å². The molecule has 2 amide bonds. The minimum Gasteiger partial charge on any atom is -0.344 e. The summed E-state index contributed by atoms with van der Waals surface area (Å²) in [6.07, 6.45) is -3.42. The van der Waals surface area contributed by atoms with Crippen LogP contribution in [0.4, 0.5) is 19.0 Å². The quantitative estimate of drug-likeness (QED) is 0.155. The summed E-state index contributed by atoms with van der Waals surface area (Å²) in [5.41, 5.74) is 2.64.